The Bertz CT molecular complexity index is 953. The van der Waals surface area contributed by atoms with Crippen LogP contribution in [0.25, 0.3) is 0 Å². The van der Waals surface area contributed by atoms with E-state index in [4.69, 9.17) is 23.2 Å². The van der Waals surface area contributed by atoms with Gasteiger partial charge in [-0.1, -0.05) is 47.0 Å². The molecule has 1 saturated heterocycles. The Morgan fingerprint density at radius 1 is 1.00 bits per heavy atom. The van der Waals surface area contributed by atoms with Gasteiger partial charge in [0.15, 0.2) is 0 Å². The molecular weight excluding hydrogens is 433 g/mol. The van der Waals surface area contributed by atoms with Gasteiger partial charge in [-0.2, -0.15) is 4.31 Å². The second kappa shape index (κ2) is 9.45. The SMILES string of the molecule is Cc1ccc(S(=O)(=O)N2CCN(CCC(=O)Nc3c(Cl)cccc3Cl)CC2)cc1. The van der Waals surface area contributed by atoms with Crippen LogP contribution in [0.3, 0.4) is 0 Å². The minimum Gasteiger partial charge on any atom is -0.324 e. The molecule has 1 aliphatic heterocycles. The van der Waals surface area contributed by atoms with Crippen molar-refractivity contribution >= 4 is 44.8 Å². The summed E-state index contributed by atoms with van der Waals surface area (Å²) in [6.07, 6.45) is 0.270. The van der Waals surface area contributed by atoms with E-state index in [1.807, 2.05) is 6.92 Å². The molecule has 2 aromatic carbocycles. The first-order chi connectivity index (χ1) is 13.8. The van der Waals surface area contributed by atoms with Crippen LogP contribution in [0.2, 0.25) is 10.0 Å². The van der Waals surface area contributed by atoms with E-state index < -0.39 is 10.0 Å². The molecule has 3 rings (SSSR count). The Kier molecular flexibility index (Phi) is 7.19. The topological polar surface area (TPSA) is 69.7 Å². The van der Waals surface area contributed by atoms with Crippen molar-refractivity contribution in [3.63, 3.8) is 0 Å². The second-order valence-electron chi connectivity index (χ2n) is 6.95. The molecule has 0 atom stereocenters. The van der Waals surface area contributed by atoms with Crippen molar-refractivity contribution in [3.05, 3.63) is 58.1 Å². The molecule has 6 nitrogen and oxygen atoms in total. The van der Waals surface area contributed by atoms with Crippen molar-refractivity contribution in [1.29, 1.82) is 0 Å². The van der Waals surface area contributed by atoms with Gasteiger partial charge in [0, 0.05) is 39.1 Å². The highest BCUT2D eigenvalue weighted by Crippen LogP contribution is 2.29. The minimum absolute atomic E-state index is 0.185. The summed E-state index contributed by atoms with van der Waals surface area (Å²) in [4.78, 5) is 14.6. The lowest BCUT2D eigenvalue weighted by molar-refractivity contribution is -0.116. The number of para-hydroxylation sites is 1. The number of piperazine rings is 1. The minimum atomic E-state index is -3.49. The molecule has 9 heteroatoms. The molecule has 0 radical (unpaired) electrons. The van der Waals surface area contributed by atoms with Crippen LogP contribution in [0.15, 0.2) is 47.4 Å². The Morgan fingerprint density at radius 2 is 1.59 bits per heavy atom. The lowest BCUT2D eigenvalue weighted by atomic mass is 10.2. The van der Waals surface area contributed by atoms with Crippen LogP contribution in [0.4, 0.5) is 5.69 Å². The van der Waals surface area contributed by atoms with E-state index in [9.17, 15) is 13.2 Å². The van der Waals surface area contributed by atoms with Gasteiger partial charge in [-0.25, -0.2) is 8.42 Å². The molecular formula is C20H23Cl2N3O3S. The van der Waals surface area contributed by atoms with Crippen molar-refractivity contribution in [2.24, 2.45) is 0 Å². The summed E-state index contributed by atoms with van der Waals surface area (Å²) in [6, 6.07) is 11.9. The van der Waals surface area contributed by atoms with Gasteiger partial charge < -0.3 is 10.2 Å². The third-order valence-corrected chi connectivity index (χ3v) is 7.42. The van der Waals surface area contributed by atoms with Crippen molar-refractivity contribution in [1.82, 2.24) is 9.21 Å². The van der Waals surface area contributed by atoms with Crippen molar-refractivity contribution in [2.45, 2.75) is 18.2 Å². The van der Waals surface area contributed by atoms with Crippen molar-refractivity contribution in [3.8, 4) is 0 Å². The van der Waals surface area contributed by atoms with Crippen LogP contribution < -0.4 is 5.32 Å². The number of nitrogens with one attached hydrogen (secondary N) is 1. The number of nitrogens with zero attached hydrogens (tertiary/aromatic N) is 2. The highest BCUT2D eigenvalue weighted by atomic mass is 35.5. The molecule has 1 amide bonds. The fourth-order valence-corrected chi connectivity index (χ4v) is 5.05. The fourth-order valence-electron chi connectivity index (χ4n) is 3.13. The highest BCUT2D eigenvalue weighted by molar-refractivity contribution is 7.89. The maximum absolute atomic E-state index is 12.8. The summed E-state index contributed by atoms with van der Waals surface area (Å²) < 4.78 is 27.0. The highest BCUT2D eigenvalue weighted by Gasteiger charge is 2.28. The summed E-state index contributed by atoms with van der Waals surface area (Å²) in [5, 5.41) is 3.52. The number of rotatable bonds is 6. The van der Waals surface area contributed by atoms with E-state index in [0.29, 0.717) is 53.4 Å². The lowest BCUT2D eigenvalue weighted by Crippen LogP contribution is -2.49. The Balaban J connectivity index is 1.50. The Morgan fingerprint density at radius 3 is 2.17 bits per heavy atom. The molecule has 156 valence electrons. The van der Waals surface area contributed by atoms with Gasteiger partial charge in [-0.15, -0.1) is 0 Å². The summed E-state index contributed by atoms with van der Waals surface area (Å²) in [6.45, 7) is 4.40. The van der Waals surface area contributed by atoms with Gasteiger partial charge in [0.25, 0.3) is 0 Å². The number of hydrogen-bond donors (Lipinski definition) is 1. The maximum Gasteiger partial charge on any atom is 0.243 e. The predicted octanol–water partition coefficient (Wildman–Crippen LogP) is 3.64. The largest absolute Gasteiger partial charge is 0.324 e. The van der Waals surface area contributed by atoms with Crippen molar-refractivity contribution < 1.29 is 13.2 Å². The van der Waals surface area contributed by atoms with Crippen LogP contribution in [0, 0.1) is 6.92 Å². The molecule has 0 saturated carbocycles. The summed E-state index contributed by atoms with van der Waals surface area (Å²) >= 11 is 12.1. The average Bonchev–Trinajstić information content (AvgIpc) is 2.70. The third-order valence-electron chi connectivity index (χ3n) is 4.87. The van der Waals surface area contributed by atoms with E-state index in [-0.39, 0.29) is 12.3 Å². The first-order valence-corrected chi connectivity index (χ1v) is 11.5. The van der Waals surface area contributed by atoms with Gasteiger partial charge in [-0.3, -0.25) is 4.79 Å². The number of carbonyl (C=O) groups excluding carboxylic acids is 1. The van der Waals surface area contributed by atoms with Crippen LogP contribution >= 0.6 is 23.2 Å². The van der Waals surface area contributed by atoms with E-state index in [0.717, 1.165) is 5.56 Å². The molecule has 1 N–H and O–H groups in total. The molecule has 1 fully saturated rings. The maximum atomic E-state index is 12.8. The molecule has 0 aromatic heterocycles. The van der Waals surface area contributed by atoms with Gasteiger partial charge >= 0.3 is 0 Å². The molecule has 0 bridgehead atoms. The van der Waals surface area contributed by atoms with Crippen LogP contribution in [-0.2, 0) is 14.8 Å². The normalized spacial score (nSPS) is 16.0. The Labute approximate surface area is 181 Å². The standard InChI is InChI=1S/C20H23Cl2N3O3S/c1-15-5-7-16(8-6-15)29(27,28)25-13-11-24(12-14-25)10-9-19(26)23-20-17(21)3-2-4-18(20)22/h2-8H,9-14H2,1H3,(H,23,26). The third kappa shape index (κ3) is 5.49. The first-order valence-electron chi connectivity index (χ1n) is 9.30. The molecule has 0 aliphatic carbocycles. The number of anilines is 1. The molecule has 29 heavy (non-hydrogen) atoms. The lowest BCUT2D eigenvalue weighted by Gasteiger charge is -2.33. The van der Waals surface area contributed by atoms with Crippen LogP contribution in [0.5, 0.6) is 0 Å². The number of amides is 1. The van der Waals surface area contributed by atoms with Gasteiger partial charge in [-0.05, 0) is 31.2 Å². The average molecular weight is 456 g/mol. The first kappa shape index (κ1) is 22.1. The van der Waals surface area contributed by atoms with E-state index in [1.165, 1.54) is 4.31 Å². The molecule has 1 aliphatic rings. The number of carbonyl (C=O) groups is 1. The number of hydrogen-bond acceptors (Lipinski definition) is 4. The van der Waals surface area contributed by atoms with Gasteiger partial charge in [0.05, 0.1) is 20.6 Å². The number of aryl methyl sites for hydroxylation is 1. The molecule has 1 heterocycles. The molecule has 0 spiro atoms. The fraction of sp³-hybridized carbons (Fsp3) is 0.350. The zero-order chi connectivity index (χ0) is 21.0. The summed E-state index contributed by atoms with van der Waals surface area (Å²) in [5.41, 5.74) is 1.43. The smallest absolute Gasteiger partial charge is 0.243 e. The van der Waals surface area contributed by atoms with Gasteiger partial charge in [0.1, 0.15) is 0 Å². The predicted molar refractivity (Wildman–Crippen MR) is 116 cm³/mol. The van der Waals surface area contributed by atoms with E-state index in [2.05, 4.69) is 10.2 Å². The van der Waals surface area contributed by atoms with Crippen LogP contribution in [-0.4, -0.2) is 56.3 Å². The Hall–Kier alpha value is -1.64. The van der Waals surface area contributed by atoms with E-state index in [1.54, 1.807) is 42.5 Å². The molecule has 0 unspecified atom stereocenters. The van der Waals surface area contributed by atoms with Crippen LogP contribution in [0.1, 0.15) is 12.0 Å². The number of halogens is 2. The van der Waals surface area contributed by atoms with Crippen molar-refractivity contribution in [2.75, 3.05) is 38.0 Å². The molecule has 2 aromatic rings. The quantitative estimate of drug-likeness (QED) is 0.721. The second-order valence-corrected chi connectivity index (χ2v) is 9.71. The summed E-state index contributed by atoms with van der Waals surface area (Å²) in [7, 11) is -3.49. The number of benzene rings is 2. The van der Waals surface area contributed by atoms with Gasteiger partial charge in [0.2, 0.25) is 15.9 Å². The van der Waals surface area contributed by atoms with E-state index >= 15 is 0 Å². The zero-order valence-electron chi connectivity index (χ0n) is 16.1. The zero-order valence-corrected chi connectivity index (χ0v) is 18.4. The number of sulfonamides is 1. The summed E-state index contributed by atoms with van der Waals surface area (Å²) in [5.74, 6) is -0.185. The monoisotopic (exact) mass is 455 g/mol.